The number of halogens is 2. The molecular weight excluding hydrogens is 256 g/mol. The van der Waals surface area contributed by atoms with Crippen molar-refractivity contribution in [2.24, 2.45) is 0 Å². The lowest BCUT2D eigenvalue weighted by Crippen LogP contribution is -2.41. The van der Waals surface area contributed by atoms with Crippen molar-refractivity contribution in [3.05, 3.63) is 35.4 Å². The highest BCUT2D eigenvalue weighted by Crippen LogP contribution is 2.09. The molecule has 1 unspecified atom stereocenters. The maximum Gasteiger partial charge on any atom is 0.327 e. The number of aliphatic carboxylic acids is 1. The summed E-state index contributed by atoms with van der Waals surface area (Å²) in [6.45, 7) is 0. The molecule has 0 saturated heterocycles. The Morgan fingerprint density at radius 3 is 2.58 bits per heavy atom. The van der Waals surface area contributed by atoms with Crippen molar-refractivity contribution in [2.45, 2.75) is 18.9 Å². The highest BCUT2D eigenvalue weighted by atomic mass is 19.2. The first kappa shape index (κ1) is 14.6. The Morgan fingerprint density at radius 1 is 1.37 bits per heavy atom. The highest BCUT2D eigenvalue weighted by molar-refractivity contribution is 5.85. The van der Waals surface area contributed by atoms with Gasteiger partial charge in [-0.05, 0) is 17.7 Å². The topological polar surface area (TPSA) is 66.4 Å². The Bertz CT molecular complexity index is 537. The summed E-state index contributed by atoms with van der Waals surface area (Å²) >= 11 is 0. The van der Waals surface area contributed by atoms with Crippen molar-refractivity contribution in [3.8, 4) is 12.3 Å². The molecule has 0 aromatic heterocycles. The molecule has 0 bridgehead atoms. The summed E-state index contributed by atoms with van der Waals surface area (Å²) in [5, 5.41) is 11.0. The van der Waals surface area contributed by atoms with E-state index in [2.05, 4.69) is 11.2 Å². The number of rotatable bonds is 5. The first-order valence-corrected chi connectivity index (χ1v) is 5.33. The summed E-state index contributed by atoms with van der Waals surface area (Å²) in [4.78, 5) is 22.3. The van der Waals surface area contributed by atoms with Gasteiger partial charge in [0.1, 0.15) is 6.04 Å². The van der Waals surface area contributed by atoms with Crippen LogP contribution in [0.1, 0.15) is 12.0 Å². The minimum Gasteiger partial charge on any atom is -0.480 e. The van der Waals surface area contributed by atoms with Crippen molar-refractivity contribution < 1.29 is 23.5 Å². The average molecular weight is 267 g/mol. The molecule has 1 amide bonds. The van der Waals surface area contributed by atoms with E-state index in [4.69, 9.17) is 11.5 Å². The van der Waals surface area contributed by atoms with Gasteiger partial charge in [-0.3, -0.25) is 4.79 Å². The molecule has 1 rings (SSSR count). The number of hydrogen-bond donors (Lipinski definition) is 2. The molecule has 1 aromatic rings. The van der Waals surface area contributed by atoms with Gasteiger partial charge in [0.15, 0.2) is 11.6 Å². The first-order valence-electron chi connectivity index (χ1n) is 5.33. The summed E-state index contributed by atoms with van der Waals surface area (Å²) < 4.78 is 25.6. The van der Waals surface area contributed by atoms with E-state index in [-0.39, 0.29) is 18.4 Å². The molecule has 6 heteroatoms. The predicted octanol–water partition coefficient (Wildman–Crippen LogP) is 1.10. The van der Waals surface area contributed by atoms with Crippen LogP contribution in [0.5, 0.6) is 0 Å². The summed E-state index contributed by atoms with van der Waals surface area (Å²) in [5.41, 5.74) is 0.237. The Balaban J connectivity index is 2.66. The Morgan fingerprint density at radius 2 is 2.05 bits per heavy atom. The van der Waals surface area contributed by atoms with Gasteiger partial charge in [0.25, 0.3) is 0 Å². The van der Waals surface area contributed by atoms with E-state index >= 15 is 0 Å². The second-order valence-electron chi connectivity index (χ2n) is 3.79. The van der Waals surface area contributed by atoms with Gasteiger partial charge in [-0.25, -0.2) is 13.6 Å². The minimum atomic E-state index is -1.25. The lowest BCUT2D eigenvalue weighted by atomic mass is 10.1. The van der Waals surface area contributed by atoms with Gasteiger partial charge >= 0.3 is 5.97 Å². The van der Waals surface area contributed by atoms with Gasteiger partial charge in [0.05, 0.1) is 6.42 Å². The van der Waals surface area contributed by atoms with Crippen LogP contribution >= 0.6 is 0 Å². The standard InChI is InChI=1S/C13H11F2NO3/c1-2-3-11(13(18)19)16-12(17)7-8-4-5-9(14)10(15)6-8/h1,4-6,11H,3,7H2,(H,16,17)(H,18,19). The Labute approximate surface area is 108 Å². The molecule has 4 nitrogen and oxygen atoms in total. The first-order chi connectivity index (χ1) is 8.93. The SMILES string of the molecule is C#CCC(NC(=O)Cc1ccc(F)c(F)c1)C(=O)O. The third-order valence-corrected chi connectivity index (χ3v) is 2.30. The molecule has 0 radical (unpaired) electrons. The van der Waals surface area contributed by atoms with E-state index in [0.717, 1.165) is 12.1 Å². The fourth-order valence-electron chi connectivity index (χ4n) is 1.40. The third-order valence-electron chi connectivity index (χ3n) is 2.30. The van der Waals surface area contributed by atoms with Gasteiger partial charge in [0, 0.05) is 6.42 Å². The normalized spacial score (nSPS) is 11.4. The molecule has 0 spiro atoms. The van der Waals surface area contributed by atoms with Gasteiger partial charge in [-0.1, -0.05) is 6.07 Å². The molecule has 0 heterocycles. The molecule has 0 fully saturated rings. The molecule has 0 aliphatic carbocycles. The molecule has 1 aromatic carbocycles. The molecule has 100 valence electrons. The predicted molar refractivity (Wildman–Crippen MR) is 63.1 cm³/mol. The maximum absolute atomic E-state index is 12.9. The zero-order valence-corrected chi connectivity index (χ0v) is 9.82. The van der Waals surface area contributed by atoms with E-state index in [1.54, 1.807) is 0 Å². The van der Waals surface area contributed by atoms with Crippen LogP contribution in [-0.2, 0) is 16.0 Å². The third kappa shape index (κ3) is 4.39. The molecular formula is C13H11F2NO3. The lowest BCUT2D eigenvalue weighted by molar-refractivity contribution is -0.141. The van der Waals surface area contributed by atoms with Crippen LogP contribution in [0.2, 0.25) is 0 Å². The minimum absolute atomic E-state index is 0.154. The number of hydrogen-bond acceptors (Lipinski definition) is 2. The fourth-order valence-corrected chi connectivity index (χ4v) is 1.40. The van der Waals surface area contributed by atoms with E-state index < -0.39 is 29.6 Å². The molecule has 19 heavy (non-hydrogen) atoms. The summed E-state index contributed by atoms with van der Waals surface area (Å²) in [5.74, 6) is -1.83. The van der Waals surface area contributed by atoms with Crippen LogP contribution in [0.15, 0.2) is 18.2 Å². The van der Waals surface area contributed by atoms with E-state index in [1.165, 1.54) is 6.07 Å². The molecule has 2 N–H and O–H groups in total. The van der Waals surface area contributed by atoms with Crippen LogP contribution in [0.25, 0.3) is 0 Å². The smallest absolute Gasteiger partial charge is 0.327 e. The number of carbonyl (C=O) groups is 2. The molecule has 0 saturated carbocycles. The summed E-state index contributed by atoms with van der Waals surface area (Å²) in [6, 6.07) is 1.83. The number of carboxylic acid groups (broad SMARTS) is 1. The van der Waals surface area contributed by atoms with Crippen LogP contribution in [-0.4, -0.2) is 23.0 Å². The summed E-state index contributed by atoms with van der Waals surface area (Å²) in [6.07, 6.45) is 4.56. The molecule has 1 atom stereocenters. The number of terminal acetylenes is 1. The summed E-state index contributed by atoms with van der Waals surface area (Å²) in [7, 11) is 0. The largest absolute Gasteiger partial charge is 0.480 e. The van der Waals surface area contributed by atoms with Crippen LogP contribution < -0.4 is 5.32 Å². The second kappa shape index (κ2) is 6.50. The second-order valence-corrected chi connectivity index (χ2v) is 3.79. The molecule has 0 aliphatic rings. The van der Waals surface area contributed by atoms with Gasteiger partial charge in [-0.2, -0.15) is 0 Å². The van der Waals surface area contributed by atoms with Gasteiger partial charge < -0.3 is 10.4 Å². The number of carbonyl (C=O) groups excluding carboxylic acids is 1. The quantitative estimate of drug-likeness (QED) is 0.785. The maximum atomic E-state index is 12.9. The van der Waals surface area contributed by atoms with Crippen LogP contribution in [0, 0.1) is 24.0 Å². The molecule has 0 aliphatic heterocycles. The monoisotopic (exact) mass is 267 g/mol. The van der Waals surface area contributed by atoms with Crippen LogP contribution in [0.4, 0.5) is 8.78 Å². The highest BCUT2D eigenvalue weighted by Gasteiger charge is 2.18. The van der Waals surface area contributed by atoms with Gasteiger partial charge in [0.2, 0.25) is 5.91 Å². The van der Waals surface area contributed by atoms with Crippen molar-refractivity contribution in [1.82, 2.24) is 5.32 Å². The van der Waals surface area contributed by atoms with Crippen molar-refractivity contribution >= 4 is 11.9 Å². The lowest BCUT2D eigenvalue weighted by Gasteiger charge is -2.11. The van der Waals surface area contributed by atoms with Gasteiger partial charge in [-0.15, -0.1) is 12.3 Å². The Kier molecular flexibility index (Phi) is 5.01. The van der Waals surface area contributed by atoms with Crippen molar-refractivity contribution in [3.63, 3.8) is 0 Å². The fraction of sp³-hybridized carbons (Fsp3) is 0.231. The zero-order chi connectivity index (χ0) is 14.4. The Hall–Kier alpha value is -2.42. The van der Waals surface area contributed by atoms with Crippen molar-refractivity contribution in [2.75, 3.05) is 0 Å². The van der Waals surface area contributed by atoms with E-state index in [1.807, 2.05) is 0 Å². The zero-order valence-electron chi connectivity index (χ0n) is 9.82. The number of amides is 1. The number of carboxylic acids is 1. The van der Waals surface area contributed by atoms with E-state index in [9.17, 15) is 18.4 Å². The van der Waals surface area contributed by atoms with E-state index in [0.29, 0.717) is 0 Å². The number of nitrogens with one attached hydrogen (secondary N) is 1. The average Bonchev–Trinajstić information content (AvgIpc) is 2.33. The van der Waals surface area contributed by atoms with Crippen molar-refractivity contribution in [1.29, 1.82) is 0 Å². The van der Waals surface area contributed by atoms with Crippen LogP contribution in [0.3, 0.4) is 0 Å². The number of benzene rings is 1.